The average molecular weight is 549 g/mol. The van der Waals surface area contributed by atoms with Crippen LogP contribution in [0, 0.1) is 0 Å². The number of benzene rings is 1. The molecule has 0 unspecified atom stereocenters. The lowest BCUT2D eigenvalue weighted by Gasteiger charge is -2.23. The molecule has 36 heavy (non-hydrogen) atoms. The molecule has 198 valence electrons. The van der Waals surface area contributed by atoms with Crippen LogP contribution in [0.4, 0.5) is 20.3 Å². The van der Waals surface area contributed by atoms with Crippen molar-refractivity contribution in [3.8, 4) is 0 Å². The molecule has 1 aliphatic heterocycles. The van der Waals surface area contributed by atoms with Crippen LogP contribution < -0.4 is 15.9 Å². The van der Waals surface area contributed by atoms with Gasteiger partial charge in [-0.25, -0.2) is 4.79 Å². The van der Waals surface area contributed by atoms with Crippen LogP contribution in [0.5, 0.6) is 0 Å². The van der Waals surface area contributed by atoms with Crippen LogP contribution in [0.2, 0.25) is 0 Å². The Balaban J connectivity index is 1.52. The first-order valence-corrected chi connectivity index (χ1v) is 12.4. The molecule has 0 radical (unpaired) electrons. The minimum absolute atomic E-state index is 0.0927. The second-order valence-corrected chi connectivity index (χ2v) is 9.02. The highest BCUT2D eigenvalue weighted by atomic mass is 35.5. The number of aryl methyl sites for hydroxylation is 1. The Bertz CT molecular complexity index is 1070. The monoisotopic (exact) mass is 548 g/mol. The third-order valence-corrected chi connectivity index (χ3v) is 6.13. The zero-order valence-corrected chi connectivity index (χ0v) is 20.8. The summed E-state index contributed by atoms with van der Waals surface area (Å²) >= 11 is 11.7. The number of anilines is 2. The third kappa shape index (κ3) is 6.71. The number of nitrogens with one attached hydrogen (secondary N) is 1. The largest absolute Gasteiger partial charge is 0.394 e. The van der Waals surface area contributed by atoms with Crippen LogP contribution in [0.3, 0.4) is 0 Å². The van der Waals surface area contributed by atoms with Crippen molar-refractivity contribution in [2.24, 2.45) is 0 Å². The fourth-order valence-electron chi connectivity index (χ4n) is 3.89. The number of amides is 1. The molecule has 1 amide bonds. The SMILES string of the molecule is O=C(CCCc1ccc(N(CCCl)CCCl)cc1)Nc1ccn([C@@H]2O[C@H](CO)[C@@H](O)C2(F)F)c(=O)n1. The van der Waals surface area contributed by atoms with Crippen molar-refractivity contribution in [3.05, 3.63) is 52.6 Å². The lowest BCUT2D eigenvalue weighted by atomic mass is 10.1. The first kappa shape index (κ1) is 28.3. The van der Waals surface area contributed by atoms with Crippen molar-refractivity contribution in [1.29, 1.82) is 0 Å². The van der Waals surface area contributed by atoms with Crippen molar-refractivity contribution in [3.63, 3.8) is 0 Å². The van der Waals surface area contributed by atoms with Crippen molar-refractivity contribution >= 4 is 40.6 Å². The predicted molar refractivity (Wildman–Crippen MR) is 132 cm³/mol. The summed E-state index contributed by atoms with van der Waals surface area (Å²) in [4.78, 5) is 30.3. The van der Waals surface area contributed by atoms with Gasteiger partial charge >= 0.3 is 11.6 Å². The third-order valence-electron chi connectivity index (χ3n) is 5.79. The molecule has 0 bridgehead atoms. The molecule has 0 saturated carbocycles. The van der Waals surface area contributed by atoms with Crippen molar-refractivity contribution < 1.29 is 28.5 Å². The van der Waals surface area contributed by atoms with Gasteiger partial charge in [0.2, 0.25) is 12.1 Å². The molecular formula is C23H28Cl2F2N4O5. The molecule has 2 aromatic rings. The molecule has 2 heterocycles. The number of halogens is 4. The molecule has 0 aliphatic carbocycles. The van der Waals surface area contributed by atoms with Crippen molar-refractivity contribution in [2.45, 2.75) is 43.6 Å². The summed E-state index contributed by atoms with van der Waals surface area (Å²) in [5, 5.41) is 21.2. The molecule has 1 saturated heterocycles. The maximum atomic E-state index is 14.3. The zero-order chi connectivity index (χ0) is 26.3. The Morgan fingerprint density at radius 3 is 2.42 bits per heavy atom. The molecule has 1 fully saturated rings. The van der Waals surface area contributed by atoms with E-state index < -0.39 is 36.7 Å². The number of aliphatic hydroxyl groups is 2. The van der Waals surface area contributed by atoms with Gasteiger partial charge in [0.25, 0.3) is 0 Å². The predicted octanol–water partition coefficient (Wildman–Crippen LogP) is 2.37. The van der Waals surface area contributed by atoms with Crippen LogP contribution in [0.15, 0.2) is 41.3 Å². The summed E-state index contributed by atoms with van der Waals surface area (Å²) in [5.74, 6) is -3.30. The smallest absolute Gasteiger partial charge is 0.351 e. The number of ether oxygens (including phenoxy) is 1. The number of rotatable bonds is 12. The van der Waals surface area contributed by atoms with Gasteiger partial charge in [-0.05, 0) is 36.6 Å². The second-order valence-electron chi connectivity index (χ2n) is 8.26. The van der Waals surface area contributed by atoms with Gasteiger partial charge in [-0.15, -0.1) is 23.2 Å². The van der Waals surface area contributed by atoms with Crippen molar-refractivity contribution in [2.75, 3.05) is 41.7 Å². The van der Waals surface area contributed by atoms with E-state index >= 15 is 0 Å². The Labute approximate surface area is 216 Å². The first-order chi connectivity index (χ1) is 17.2. The lowest BCUT2D eigenvalue weighted by Crippen LogP contribution is -2.41. The van der Waals surface area contributed by atoms with Gasteiger partial charge in [-0.1, -0.05) is 12.1 Å². The number of hydrogen-bond donors (Lipinski definition) is 3. The van der Waals surface area contributed by atoms with Gasteiger partial charge in [0.1, 0.15) is 11.9 Å². The van der Waals surface area contributed by atoms with Gasteiger partial charge in [0.05, 0.1) is 6.61 Å². The van der Waals surface area contributed by atoms with E-state index in [4.69, 9.17) is 33.0 Å². The van der Waals surface area contributed by atoms with Gasteiger partial charge < -0.3 is 25.2 Å². The molecule has 1 aromatic carbocycles. The first-order valence-electron chi connectivity index (χ1n) is 11.4. The van der Waals surface area contributed by atoms with Gasteiger partial charge in [-0.2, -0.15) is 13.8 Å². The normalized spacial score (nSPS) is 20.9. The number of carbonyl (C=O) groups excluding carboxylic acids is 1. The molecule has 1 aliphatic rings. The quantitative estimate of drug-likeness (QED) is 0.348. The van der Waals surface area contributed by atoms with E-state index in [1.54, 1.807) is 0 Å². The lowest BCUT2D eigenvalue weighted by molar-refractivity contribution is -0.141. The molecule has 0 spiro atoms. The van der Waals surface area contributed by atoms with Gasteiger partial charge in [0.15, 0.2) is 6.10 Å². The van der Waals surface area contributed by atoms with Crippen LogP contribution in [-0.2, 0) is 16.0 Å². The number of nitrogens with zero attached hydrogens (tertiary/aromatic N) is 3. The van der Waals surface area contributed by atoms with E-state index in [1.165, 1.54) is 6.07 Å². The number of hydrogen-bond acceptors (Lipinski definition) is 7. The summed E-state index contributed by atoms with van der Waals surface area (Å²) in [7, 11) is 0. The Morgan fingerprint density at radius 1 is 1.19 bits per heavy atom. The molecule has 3 N–H and O–H groups in total. The fraction of sp³-hybridized carbons (Fsp3) is 0.522. The van der Waals surface area contributed by atoms with E-state index in [0.29, 0.717) is 42.3 Å². The molecular weight excluding hydrogens is 521 g/mol. The Morgan fingerprint density at radius 2 is 1.86 bits per heavy atom. The maximum Gasteiger partial charge on any atom is 0.351 e. The number of aromatic nitrogens is 2. The number of aliphatic hydroxyl groups excluding tert-OH is 2. The Kier molecular flexibility index (Phi) is 10.0. The number of carbonyl (C=O) groups is 1. The molecule has 1 aromatic heterocycles. The fourth-order valence-corrected chi connectivity index (χ4v) is 4.29. The average Bonchev–Trinajstić information content (AvgIpc) is 3.08. The maximum absolute atomic E-state index is 14.3. The van der Waals surface area contributed by atoms with E-state index in [2.05, 4.69) is 15.2 Å². The molecule has 13 heteroatoms. The van der Waals surface area contributed by atoms with E-state index in [0.717, 1.165) is 17.4 Å². The van der Waals surface area contributed by atoms with Crippen LogP contribution in [-0.4, -0.2) is 75.3 Å². The van der Waals surface area contributed by atoms with E-state index in [1.807, 2.05) is 24.3 Å². The summed E-state index contributed by atoms with van der Waals surface area (Å²) in [6, 6.07) is 9.09. The van der Waals surface area contributed by atoms with Crippen LogP contribution in [0.25, 0.3) is 0 Å². The van der Waals surface area contributed by atoms with Gasteiger partial charge in [-0.3, -0.25) is 9.36 Å². The summed E-state index contributed by atoms with van der Waals surface area (Å²) in [6.45, 7) is 0.537. The van der Waals surface area contributed by atoms with Gasteiger partial charge in [0, 0.05) is 43.2 Å². The molecule has 3 atom stereocenters. The topological polar surface area (TPSA) is 117 Å². The zero-order valence-electron chi connectivity index (χ0n) is 19.3. The minimum Gasteiger partial charge on any atom is -0.394 e. The second kappa shape index (κ2) is 12.8. The molecule has 9 nitrogen and oxygen atoms in total. The Hall–Kier alpha value is -2.31. The highest BCUT2D eigenvalue weighted by Crippen LogP contribution is 2.41. The minimum atomic E-state index is -3.81. The van der Waals surface area contributed by atoms with E-state index in [9.17, 15) is 23.5 Å². The summed E-state index contributed by atoms with van der Waals surface area (Å²) < 4.78 is 34.0. The van der Waals surface area contributed by atoms with Crippen LogP contribution >= 0.6 is 23.2 Å². The van der Waals surface area contributed by atoms with Crippen LogP contribution in [0.1, 0.15) is 24.6 Å². The highest BCUT2D eigenvalue weighted by Gasteiger charge is 2.59. The standard InChI is InChI=1S/C23H28Cl2F2N4O5/c24-9-12-30(13-10-25)16-6-4-15(5-7-16)2-1-3-19(33)28-18-8-11-31(22(35)29-18)21-23(26,27)20(34)17(14-32)36-21/h4-8,11,17,20-21,32,34H,1-3,9-10,12-14H2,(H,28,29,33,35)/t17-,20-,21-/m1/s1. The summed E-state index contributed by atoms with van der Waals surface area (Å²) in [5.41, 5.74) is 0.964. The highest BCUT2D eigenvalue weighted by molar-refractivity contribution is 6.18. The van der Waals surface area contributed by atoms with E-state index in [-0.39, 0.29) is 18.1 Å². The summed E-state index contributed by atoms with van der Waals surface area (Å²) in [6.07, 6.45) is -3.60. The number of alkyl halides is 4. The molecule has 3 rings (SSSR count). The van der Waals surface area contributed by atoms with Crippen molar-refractivity contribution in [1.82, 2.24) is 9.55 Å².